The van der Waals surface area contributed by atoms with Gasteiger partial charge in [-0.2, -0.15) is 0 Å². The molecular weight excluding hydrogens is 298 g/mol. The van der Waals surface area contributed by atoms with E-state index in [0.29, 0.717) is 0 Å². The minimum Gasteiger partial charge on any atom is -0.293 e. The third-order valence-electron chi connectivity index (χ3n) is 1.57. The maximum absolute atomic E-state index is 4.16. The standard InChI is InChI=1S/C8H5Br2N3/c9-7-5-13(8(10)12-7)6-1-3-11-4-2-6/h1-5H. The fourth-order valence-electron chi connectivity index (χ4n) is 1.02. The van der Waals surface area contributed by atoms with Gasteiger partial charge < -0.3 is 0 Å². The van der Waals surface area contributed by atoms with Gasteiger partial charge in [-0.05, 0) is 44.0 Å². The number of hydrogen-bond donors (Lipinski definition) is 0. The van der Waals surface area contributed by atoms with Gasteiger partial charge in [0.2, 0.25) is 0 Å². The van der Waals surface area contributed by atoms with E-state index in [1.54, 1.807) is 12.4 Å². The van der Waals surface area contributed by atoms with Crippen molar-refractivity contribution in [2.75, 3.05) is 0 Å². The fraction of sp³-hybridized carbons (Fsp3) is 0. The Labute approximate surface area is 92.1 Å². The number of pyridine rings is 1. The van der Waals surface area contributed by atoms with Gasteiger partial charge in [-0.25, -0.2) is 4.98 Å². The molecule has 0 radical (unpaired) electrons. The van der Waals surface area contributed by atoms with Gasteiger partial charge >= 0.3 is 0 Å². The largest absolute Gasteiger partial charge is 0.293 e. The van der Waals surface area contributed by atoms with Crippen LogP contribution in [-0.4, -0.2) is 14.5 Å². The number of nitrogens with zero attached hydrogens (tertiary/aromatic N) is 3. The second-order valence-electron chi connectivity index (χ2n) is 2.41. The van der Waals surface area contributed by atoms with Crippen molar-refractivity contribution in [3.05, 3.63) is 40.1 Å². The van der Waals surface area contributed by atoms with Crippen LogP contribution in [0.2, 0.25) is 0 Å². The summed E-state index contributed by atoms with van der Waals surface area (Å²) in [6.45, 7) is 0. The zero-order valence-electron chi connectivity index (χ0n) is 6.48. The van der Waals surface area contributed by atoms with Crippen LogP contribution in [0.25, 0.3) is 5.69 Å². The molecule has 2 aromatic rings. The third kappa shape index (κ3) is 1.81. The van der Waals surface area contributed by atoms with Crippen molar-refractivity contribution in [1.82, 2.24) is 14.5 Å². The van der Waals surface area contributed by atoms with E-state index in [2.05, 4.69) is 41.8 Å². The summed E-state index contributed by atoms with van der Waals surface area (Å²) >= 11 is 6.66. The fourth-order valence-corrected chi connectivity index (χ4v) is 2.13. The summed E-state index contributed by atoms with van der Waals surface area (Å²) in [5.74, 6) is 0. The minimum absolute atomic E-state index is 0.769. The SMILES string of the molecule is Brc1cn(-c2ccncc2)c(Br)n1. The Morgan fingerprint density at radius 2 is 1.85 bits per heavy atom. The molecule has 0 spiro atoms. The zero-order chi connectivity index (χ0) is 9.26. The molecule has 0 saturated carbocycles. The lowest BCUT2D eigenvalue weighted by molar-refractivity contribution is 1.01. The molecular formula is C8H5Br2N3. The number of hydrogen-bond acceptors (Lipinski definition) is 2. The first kappa shape index (κ1) is 8.90. The van der Waals surface area contributed by atoms with Crippen molar-refractivity contribution in [3.63, 3.8) is 0 Å². The first-order valence-electron chi connectivity index (χ1n) is 3.58. The van der Waals surface area contributed by atoms with E-state index in [0.717, 1.165) is 15.0 Å². The van der Waals surface area contributed by atoms with Gasteiger partial charge in [-0.1, -0.05) is 0 Å². The Bertz CT molecular complexity index is 411. The minimum atomic E-state index is 0.769. The molecule has 0 atom stereocenters. The highest BCUT2D eigenvalue weighted by atomic mass is 79.9. The Morgan fingerprint density at radius 3 is 2.38 bits per heavy atom. The number of aromatic nitrogens is 3. The lowest BCUT2D eigenvalue weighted by atomic mass is 10.4. The highest BCUT2D eigenvalue weighted by Gasteiger charge is 2.03. The summed E-state index contributed by atoms with van der Waals surface area (Å²) in [6.07, 6.45) is 5.38. The molecule has 0 aromatic carbocycles. The quantitative estimate of drug-likeness (QED) is 0.811. The predicted molar refractivity (Wildman–Crippen MR) is 56.8 cm³/mol. The van der Waals surface area contributed by atoms with E-state index < -0.39 is 0 Å². The van der Waals surface area contributed by atoms with Gasteiger partial charge in [0.05, 0.1) is 5.69 Å². The average Bonchev–Trinajstić information content (AvgIpc) is 2.47. The van der Waals surface area contributed by atoms with Gasteiger partial charge in [0.25, 0.3) is 0 Å². The van der Waals surface area contributed by atoms with Crippen LogP contribution < -0.4 is 0 Å². The van der Waals surface area contributed by atoms with Crippen LogP contribution in [0.1, 0.15) is 0 Å². The van der Waals surface area contributed by atoms with Crippen LogP contribution in [0.5, 0.6) is 0 Å². The highest BCUT2D eigenvalue weighted by molar-refractivity contribution is 9.11. The van der Waals surface area contributed by atoms with Crippen LogP contribution >= 0.6 is 31.9 Å². The highest BCUT2D eigenvalue weighted by Crippen LogP contribution is 2.19. The summed E-state index contributed by atoms with van der Waals surface area (Å²) in [4.78, 5) is 8.11. The lowest BCUT2D eigenvalue weighted by Gasteiger charge is -2.01. The maximum atomic E-state index is 4.16. The van der Waals surface area contributed by atoms with Crippen LogP contribution in [0.3, 0.4) is 0 Å². The predicted octanol–water partition coefficient (Wildman–Crippen LogP) is 2.79. The van der Waals surface area contributed by atoms with E-state index in [1.807, 2.05) is 22.9 Å². The third-order valence-corrected chi connectivity index (χ3v) is 2.52. The molecule has 13 heavy (non-hydrogen) atoms. The van der Waals surface area contributed by atoms with Gasteiger partial charge in [-0.15, -0.1) is 0 Å². The van der Waals surface area contributed by atoms with E-state index in [-0.39, 0.29) is 0 Å². The maximum Gasteiger partial charge on any atom is 0.182 e. The molecule has 2 heterocycles. The van der Waals surface area contributed by atoms with Crippen molar-refractivity contribution in [2.45, 2.75) is 0 Å². The van der Waals surface area contributed by atoms with Crippen LogP contribution in [0.4, 0.5) is 0 Å². The molecule has 0 bridgehead atoms. The molecule has 0 aliphatic rings. The molecule has 0 aliphatic heterocycles. The number of rotatable bonds is 1. The smallest absolute Gasteiger partial charge is 0.182 e. The topological polar surface area (TPSA) is 30.7 Å². The van der Waals surface area contributed by atoms with Crippen LogP contribution in [0.15, 0.2) is 40.1 Å². The molecule has 0 aliphatic carbocycles. The molecule has 66 valence electrons. The van der Waals surface area contributed by atoms with Gasteiger partial charge in [0.15, 0.2) is 4.73 Å². The molecule has 0 amide bonds. The van der Waals surface area contributed by atoms with Crippen molar-refractivity contribution >= 4 is 31.9 Å². The summed E-state index contributed by atoms with van der Waals surface area (Å²) in [7, 11) is 0. The van der Waals surface area contributed by atoms with E-state index in [4.69, 9.17) is 0 Å². The molecule has 0 unspecified atom stereocenters. The summed E-state index contributed by atoms with van der Waals surface area (Å²) in [5, 5.41) is 0. The Hall–Kier alpha value is -0.680. The molecule has 2 aromatic heterocycles. The lowest BCUT2D eigenvalue weighted by Crippen LogP contribution is -1.91. The van der Waals surface area contributed by atoms with Gasteiger partial charge in [0.1, 0.15) is 4.60 Å². The van der Waals surface area contributed by atoms with Gasteiger partial charge in [0, 0.05) is 18.6 Å². The van der Waals surface area contributed by atoms with Crippen molar-refractivity contribution in [2.24, 2.45) is 0 Å². The first-order valence-corrected chi connectivity index (χ1v) is 5.17. The molecule has 0 fully saturated rings. The Balaban J connectivity index is 2.53. The first-order chi connectivity index (χ1) is 6.27. The molecule has 0 N–H and O–H groups in total. The van der Waals surface area contributed by atoms with Gasteiger partial charge in [-0.3, -0.25) is 9.55 Å². The Morgan fingerprint density at radius 1 is 1.15 bits per heavy atom. The van der Waals surface area contributed by atoms with Crippen molar-refractivity contribution in [3.8, 4) is 5.69 Å². The van der Waals surface area contributed by atoms with Crippen LogP contribution in [-0.2, 0) is 0 Å². The molecule has 0 saturated heterocycles. The summed E-state index contributed by atoms with van der Waals surface area (Å²) < 4.78 is 3.49. The average molecular weight is 303 g/mol. The van der Waals surface area contributed by atoms with Crippen molar-refractivity contribution in [1.29, 1.82) is 0 Å². The number of imidazole rings is 1. The van der Waals surface area contributed by atoms with E-state index in [9.17, 15) is 0 Å². The second-order valence-corrected chi connectivity index (χ2v) is 3.93. The molecule has 3 nitrogen and oxygen atoms in total. The van der Waals surface area contributed by atoms with E-state index >= 15 is 0 Å². The number of halogens is 2. The summed E-state index contributed by atoms with van der Waals surface area (Å²) in [5.41, 5.74) is 1.03. The summed E-state index contributed by atoms with van der Waals surface area (Å²) in [6, 6.07) is 3.83. The van der Waals surface area contributed by atoms with Crippen molar-refractivity contribution < 1.29 is 0 Å². The second kappa shape index (κ2) is 3.59. The normalized spacial score (nSPS) is 10.3. The molecule has 2 rings (SSSR count). The zero-order valence-corrected chi connectivity index (χ0v) is 9.66. The molecule has 5 heteroatoms. The van der Waals surface area contributed by atoms with E-state index in [1.165, 1.54) is 0 Å². The van der Waals surface area contributed by atoms with Crippen LogP contribution in [0, 0.1) is 0 Å². The Kier molecular flexibility index (Phi) is 2.46. The monoisotopic (exact) mass is 301 g/mol.